The lowest BCUT2D eigenvalue weighted by Crippen LogP contribution is -2.37. The third-order valence-electron chi connectivity index (χ3n) is 9.47. The summed E-state index contributed by atoms with van der Waals surface area (Å²) in [4.78, 5) is 38.1. The molecule has 4 heterocycles. The van der Waals surface area contributed by atoms with E-state index in [9.17, 15) is 9.59 Å². The van der Waals surface area contributed by atoms with E-state index in [0.29, 0.717) is 49.6 Å². The van der Waals surface area contributed by atoms with Crippen molar-refractivity contribution in [2.45, 2.75) is 83.3 Å². The van der Waals surface area contributed by atoms with Gasteiger partial charge in [0.05, 0.1) is 37.8 Å². The van der Waals surface area contributed by atoms with Gasteiger partial charge in [0, 0.05) is 43.5 Å². The van der Waals surface area contributed by atoms with Gasteiger partial charge < -0.3 is 19.5 Å². The maximum Gasteiger partial charge on any atom is 0.320 e. The zero-order valence-electron chi connectivity index (χ0n) is 30.6. The molecule has 0 radical (unpaired) electrons. The van der Waals surface area contributed by atoms with Crippen molar-refractivity contribution in [2.75, 3.05) is 51.9 Å². The summed E-state index contributed by atoms with van der Waals surface area (Å²) in [5.74, 6) is 1.78. The van der Waals surface area contributed by atoms with Gasteiger partial charge in [0.25, 0.3) is 0 Å². The van der Waals surface area contributed by atoms with Crippen molar-refractivity contribution in [3.8, 4) is 5.75 Å². The fraction of sp³-hybridized carbons (Fsp3) is 0.526. The van der Waals surface area contributed by atoms with Crippen LogP contribution >= 0.6 is 0 Å². The number of anilines is 1. The summed E-state index contributed by atoms with van der Waals surface area (Å²) in [7, 11) is 1.68. The van der Waals surface area contributed by atoms with Gasteiger partial charge >= 0.3 is 6.03 Å². The number of morpholine rings is 1. The summed E-state index contributed by atoms with van der Waals surface area (Å²) in [6.45, 7) is 14.7. The number of ether oxygens (including phenoxy) is 3. The van der Waals surface area contributed by atoms with Crippen LogP contribution in [-0.4, -0.2) is 87.8 Å². The lowest BCUT2D eigenvalue weighted by atomic mass is 9.85. The normalized spacial score (nSPS) is 18.3. The van der Waals surface area contributed by atoms with E-state index in [4.69, 9.17) is 14.2 Å². The van der Waals surface area contributed by atoms with Gasteiger partial charge in [-0.3, -0.25) is 19.4 Å². The number of hydrogen-bond donors (Lipinski definition) is 2. The topological polar surface area (TPSA) is 145 Å². The molecule has 1 aromatic carbocycles. The Hall–Kier alpha value is -4.46. The van der Waals surface area contributed by atoms with Gasteiger partial charge in [0.1, 0.15) is 23.5 Å². The minimum Gasteiger partial charge on any atom is -0.484 e. The van der Waals surface area contributed by atoms with Gasteiger partial charge in [-0.25, -0.2) is 14.8 Å². The number of benzene rings is 1. The summed E-state index contributed by atoms with van der Waals surface area (Å²) >= 11 is 0. The number of ketones is 1. The summed E-state index contributed by atoms with van der Waals surface area (Å²) < 4.78 is 19.4. The summed E-state index contributed by atoms with van der Waals surface area (Å²) in [6, 6.07) is 13.0. The Kier molecular flexibility index (Phi) is 11.0. The second-order valence-electron chi connectivity index (χ2n) is 15.1. The Labute approximate surface area is 299 Å². The molecule has 0 bridgehead atoms. The first-order valence-corrected chi connectivity index (χ1v) is 17.8. The number of nitrogens with one attached hydrogen (secondary N) is 2. The SMILES string of the molecule is COCC(C)(C)c1nnc2ccc(O[C@@H]3CC[C@H](NC(=O)Nc4cc(C(C)(C)C)nc(C(=O)CCCN5CCOCC5)n4)c4ccccc43)cn12. The highest BCUT2D eigenvalue weighted by molar-refractivity contribution is 5.94. The summed E-state index contributed by atoms with van der Waals surface area (Å²) in [5.41, 5.74) is 2.73. The number of methoxy groups -OCH3 is 1. The third kappa shape index (κ3) is 8.71. The molecular formula is C38H50N8O5. The molecule has 1 fully saturated rings. The Morgan fingerprint density at radius 3 is 2.49 bits per heavy atom. The number of fused-ring (bicyclic) bond motifs is 2. The molecule has 0 saturated carbocycles. The van der Waals surface area contributed by atoms with Gasteiger partial charge in [0.2, 0.25) is 0 Å². The molecular weight excluding hydrogens is 648 g/mol. The zero-order chi connectivity index (χ0) is 36.2. The summed E-state index contributed by atoms with van der Waals surface area (Å²) in [5, 5.41) is 14.8. The van der Waals surface area contributed by atoms with E-state index >= 15 is 0 Å². The van der Waals surface area contributed by atoms with Crippen LogP contribution in [0.4, 0.5) is 10.6 Å². The lowest BCUT2D eigenvalue weighted by Gasteiger charge is -2.32. The van der Waals surface area contributed by atoms with Crippen molar-refractivity contribution in [1.82, 2.24) is 34.8 Å². The van der Waals surface area contributed by atoms with Crippen LogP contribution in [0.5, 0.6) is 5.75 Å². The van der Waals surface area contributed by atoms with E-state index in [1.807, 2.05) is 67.8 Å². The van der Waals surface area contributed by atoms with E-state index in [1.165, 1.54) is 0 Å². The molecule has 1 saturated heterocycles. The van der Waals surface area contributed by atoms with E-state index in [2.05, 4.69) is 49.5 Å². The maximum absolute atomic E-state index is 13.5. The number of Topliss-reactive ketones (excluding diaryl/α,β-unsaturated/α-hetero) is 1. The molecule has 13 heteroatoms. The van der Waals surface area contributed by atoms with Crippen molar-refractivity contribution in [2.24, 2.45) is 0 Å². The maximum atomic E-state index is 13.5. The molecule has 0 spiro atoms. The Balaban J connectivity index is 1.13. The van der Waals surface area contributed by atoms with Gasteiger partial charge in [-0.2, -0.15) is 0 Å². The van der Waals surface area contributed by atoms with Gasteiger partial charge in [-0.05, 0) is 49.1 Å². The Morgan fingerprint density at radius 1 is 0.980 bits per heavy atom. The number of pyridine rings is 1. The van der Waals surface area contributed by atoms with Crippen LogP contribution in [0.25, 0.3) is 5.65 Å². The molecule has 2 N–H and O–H groups in total. The van der Waals surface area contributed by atoms with Gasteiger partial charge in [0.15, 0.2) is 17.3 Å². The average Bonchev–Trinajstić information content (AvgIpc) is 3.54. The van der Waals surface area contributed by atoms with Crippen LogP contribution < -0.4 is 15.4 Å². The number of carbonyl (C=O) groups is 2. The van der Waals surface area contributed by atoms with Crippen LogP contribution in [0.2, 0.25) is 0 Å². The molecule has 2 amide bonds. The average molecular weight is 699 g/mol. The standard InChI is InChI=1S/C38H50N8O5/c1-37(2,3)31-22-32(41-34(40-31)29(47)12-9-17-45-18-20-50-21-19-45)42-36(48)39-28-14-15-30(27-11-8-7-10-26(27)28)51-25-13-16-33-43-44-35(46(33)23-25)38(4,5)24-49-6/h7-8,10-11,13,16,22-23,28,30H,9,12,14-15,17-21,24H2,1-6H3,(H2,39,40,41,42,48)/t28-,30+/m0/s1. The molecule has 4 aromatic rings. The number of rotatable bonds is 12. The highest BCUT2D eigenvalue weighted by atomic mass is 16.5. The number of nitrogens with zero attached hydrogens (tertiary/aromatic N) is 6. The molecule has 272 valence electrons. The minimum absolute atomic E-state index is 0.127. The number of amides is 2. The van der Waals surface area contributed by atoms with Crippen LogP contribution in [0.3, 0.4) is 0 Å². The van der Waals surface area contributed by atoms with Crippen molar-refractivity contribution >= 4 is 23.3 Å². The lowest BCUT2D eigenvalue weighted by molar-refractivity contribution is 0.0371. The zero-order valence-corrected chi connectivity index (χ0v) is 30.6. The summed E-state index contributed by atoms with van der Waals surface area (Å²) in [6.07, 6.45) is 4.12. The van der Waals surface area contributed by atoms with E-state index in [1.54, 1.807) is 13.2 Å². The van der Waals surface area contributed by atoms with Crippen LogP contribution in [-0.2, 0) is 20.3 Å². The molecule has 3 aromatic heterocycles. The van der Waals surface area contributed by atoms with Crippen molar-refractivity contribution < 1.29 is 23.8 Å². The largest absolute Gasteiger partial charge is 0.484 e. The van der Waals surface area contributed by atoms with Crippen molar-refractivity contribution in [3.63, 3.8) is 0 Å². The second-order valence-corrected chi connectivity index (χ2v) is 15.1. The van der Waals surface area contributed by atoms with Crippen LogP contribution in [0.15, 0.2) is 48.7 Å². The first kappa shape index (κ1) is 36.3. The number of urea groups is 1. The fourth-order valence-corrected chi connectivity index (χ4v) is 6.75. The predicted octanol–water partition coefficient (Wildman–Crippen LogP) is 5.81. The molecule has 1 aliphatic carbocycles. The molecule has 51 heavy (non-hydrogen) atoms. The monoisotopic (exact) mass is 698 g/mol. The molecule has 2 atom stereocenters. The highest BCUT2D eigenvalue weighted by Crippen LogP contribution is 2.39. The van der Waals surface area contributed by atoms with E-state index < -0.39 is 6.03 Å². The number of carbonyl (C=O) groups excluding carboxylic acids is 2. The Bertz CT molecular complexity index is 1850. The smallest absolute Gasteiger partial charge is 0.320 e. The first-order chi connectivity index (χ1) is 24.4. The van der Waals surface area contributed by atoms with E-state index in [0.717, 1.165) is 55.4 Å². The van der Waals surface area contributed by atoms with Gasteiger partial charge in [-0.15, -0.1) is 10.2 Å². The Morgan fingerprint density at radius 2 is 1.75 bits per heavy atom. The quantitative estimate of drug-likeness (QED) is 0.174. The number of hydrogen-bond acceptors (Lipinski definition) is 10. The van der Waals surface area contributed by atoms with Crippen LogP contribution in [0, 0.1) is 0 Å². The molecule has 6 rings (SSSR count). The number of aromatic nitrogens is 5. The molecule has 0 unspecified atom stereocenters. The predicted molar refractivity (Wildman–Crippen MR) is 193 cm³/mol. The van der Waals surface area contributed by atoms with Crippen molar-refractivity contribution in [1.29, 1.82) is 0 Å². The van der Waals surface area contributed by atoms with Crippen LogP contribution in [0.1, 0.15) is 106 Å². The third-order valence-corrected chi connectivity index (χ3v) is 9.47. The minimum atomic E-state index is -0.400. The first-order valence-electron chi connectivity index (χ1n) is 17.8. The molecule has 13 nitrogen and oxygen atoms in total. The molecule has 2 aliphatic rings. The molecule has 1 aliphatic heterocycles. The van der Waals surface area contributed by atoms with Gasteiger partial charge in [-0.1, -0.05) is 58.9 Å². The highest BCUT2D eigenvalue weighted by Gasteiger charge is 2.31. The van der Waals surface area contributed by atoms with Crippen molar-refractivity contribution in [3.05, 3.63) is 77.1 Å². The fourth-order valence-electron chi connectivity index (χ4n) is 6.75. The second kappa shape index (κ2) is 15.4. The van der Waals surface area contributed by atoms with E-state index in [-0.39, 0.29) is 34.6 Å².